The van der Waals surface area contributed by atoms with Crippen molar-refractivity contribution in [2.24, 2.45) is 0 Å². The Balaban J connectivity index is -0.0000000470. The van der Waals surface area contributed by atoms with E-state index in [1.54, 1.807) is 0 Å². The lowest BCUT2D eigenvalue weighted by atomic mass is 10.3. The second-order valence-electron chi connectivity index (χ2n) is 2.09. The first kappa shape index (κ1) is 39.4. The van der Waals surface area contributed by atoms with Crippen LogP contribution in [0.25, 0.3) is 0 Å². The lowest BCUT2D eigenvalue weighted by Gasteiger charge is -2.03. The minimum atomic E-state index is -5.05. The molecule has 0 rings (SSSR count). The molecule has 154 valence electrons. The Morgan fingerprint density at radius 3 is 0.958 bits per heavy atom. The molecular formula is H13BClFO17P2S2. The summed E-state index contributed by atoms with van der Waals surface area (Å²) in [5.41, 5.74) is 0. The fraction of sp³-hybridized carbons (Fsp3) is 0. The second-order valence-corrected chi connectivity index (χ2v) is 6.06. The second kappa shape index (κ2) is 18.2. The van der Waals surface area contributed by atoms with Crippen molar-refractivity contribution >= 4 is 57.1 Å². The van der Waals surface area contributed by atoms with Gasteiger partial charge in [0.25, 0.3) is 11.4 Å². The standard InChI is InChI=1S/BH3O3.ClH.FH.H4O7P2.H2O4S.H2O3S/c2-1(3)4;;;1-8(2,3)7-9(4,5)6;1-5(2,3)4;1-4(2)3/h2-4H;2*1H;(H2,1,2,3)(H2,4,5,6);(H2,1,2,3,4);(H2,1,2,3). The predicted octanol–water partition coefficient (Wildman–Crippen LogP) is -3.26. The number of phosphoric acid groups is 2. The molecule has 0 amide bonds. The number of hydrogen-bond acceptors (Lipinski definition) is 9. The molecule has 0 spiro atoms. The molecule has 0 aliphatic carbocycles. The van der Waals surface area contributed by atoms with Crippen molar-refractivity contribution in [3.8, 4) is 0 Å². The summed E-state index contributed by atoms with van der Waals surface area (Å²) in [7, 11) is -16.9. The van der Waals surface area contributed by atoms with Crippen LogP contribution in [0.2, 0.25) is 0 Å². The zero-order chi connectivity index (χ0) is 19.4. The normalized spacial score (nSPS) is 10.2. The average molecular weight is 476 g/mol. The number of hydrogen-bond donors (Lipinski definition) is 11. The molecule has 0 unspecified atom stereocenters. The maximum absolute atomic E-state index is 9.63. The van der Waals surface area contributed by atoms with Crippen LogP contribution in [0.1, 0.15) is 0 Å². The molecule has 0 aromatic rings. The van der Waals surface area contributed by atoms with E-state index < -0.39 is 44.7 Å². The summed E-state index contributed by atoms with van der Waals surface area (Å²) in [5.74, 6) is 0. The third-order valence-electron chi connectivity index (χ3n) is 0.213. The van der Waals surface area contributed by atoms with Gasteiger partial charge in [0.15, 0.2) is 0 Å². The first-order valence-electron chi connectivity index (χ1n) is 3.54. The lowest BCUT2D eigenvalue weighted by Crippen LogP contribution is -2.07. The van der Waals surface area contributed by atoms with Gasteiger partial charge in [0.1, 0.15) is 0 Å². The van der Waals surface area contributed by atoms with Crippen LogP contribution in [0.15, 0.2) is 0 Å². The van der Waals surface area contributed by atoms with Gasteiger partial charge in [0.05, 0.1) is 0 Å². The zero-order valence-corrected chi connectivity index (χ0v) is 14.7. The monoisotopic (exact) mass is 476 g/mol. The molecule has 0 radical (unpaired) electrons. The maximum Gasteiger partial charge on any atom is 0.631 e. The van der Waals surface area contributed by atoms with Crippen LogP contribution in [-0.2, 0) is 35.2 Å². The van der Waals surface area contributed by atoms with Gasteiger partial charge in [-0.25, -0.2) is 9.13 Å². The highest BCUT2D eigenvalue weighted by molar-refractivity contribution is 7.79. The molecular weight excluding hydrogens is 463 g/mol. The first-order valence-corrected chi connectivity index (χ1v) is 9.06. The quantitative estimate of drug-likeness (QED) is 0.0805. The van der Waals surface area contributed by atoms with Crippen molar-refractivity contribution in [3.63, 3.8) is 0 Å². The fourth-order valence-corrected chi connectivity index (χ4v) is 1.25. The van der Waals surface area contributed by atoms with E-state index in [0.717, 1.165) is 0 Å². The highest BCUT2D eigenvalue weighted by atomic mass is 35.5. The Bertz CT molecular complexity index is 440. The highest BCUT2D eigenvalue weighted by Gasteiger charge is 2.27. The van der Waals surface area contributed by atoms with Gasteiger partial charge < -0.3 is 34.6 Å². The van der Waals surface area contributed by atoms with Crippen LogP contribution in [0.3, 0.4) is 0 Å². The summed E-state index contributed by atoms with van der Waals surface area (Å²) in [4.78, 5) is 31.0. The van der Waals surface area contributed by atoms with E-state index in [1.165, 1.54) is 0 Å². The molecule has 24 heteroatoms. The van der Waals surface area contributed by atoms with Crippen molar-refractivity contribution in [2.45, 2.75) is 0 Å². The van der Waals surface area contributed by atoms with Crippen LogP contribution >= 0.6 is 28.1 Å². The van der Waals surface area contributed by atoms with Gasteiger partial charge >= 0.3 is 33.4 Å². The predicted molar refractivity (Wildman–Crippen MR) is 74.9 cm³/mol. The van der Waals surface area contributed by atoms with E-state index in [-0.39, 0.29) is 17.1 Å². The smallest absolute Gasteiger partial charge is 0.402 e. The van der Waals surface area contributed by atoms with Gasteiger partial charge in [-0.2, -0.15) is 16.9 Å². The third-order valence-corrected chi connectivity index (χ3v) is 1.91. The van der Waals surface area contributed by atoms with Crippen molar-refractivity contribution in [1.82, 2.24) is 0 Å². The van der Waals surface area contributed by atoms with Crippen molar-refractivity contribution in [3.05, 3.63) is 0 Å². The zero-order valence-electron chi connectivity index (χ0n) is 10.5. The van der Waals surface area contributed by atoms with E-state index >= 15 is 0 Å². The van der Waals surface area contributed by atoms with E-state index in [9.17, 15) is 9.13 Å². The molecule has 0 aliphatic rings. The molecule has 11 N–H and O–H groups in total. The molecule has 0 saturated carbocycles. The van der Waals surface area contributed by atoms with Gasteiger partial charge in [-0.15, -0.1) is 12.4 Å². The molecule has 0 aromatic carbocycles. The molecule has 0 heterocycles. The largest absolute Gasteiger partial charge is 0.631 e. The van der Waals surface area contributed by atoms with Crippen LogP contribution < -0.4 is 0 Å². The summed E-state index contributed by atoms with van der Waals surface area (Å²) in [6, 6.07) is 0. The summed E-state index contributed by atoms with van der Waals surface area (Å²) in [6.07, 6.45) is 0. The van der Waals surface area contributed by atoms with E-state index in [0.29, 0.717) is 0 Å². The lowest BCUT2D eigenvalue weighted by molar-refractivity contribution is 0.225. The van der Waals surface area contributed by atoms with Crippen LogP contribution in [-0.4, -0.2) is 72.8 Å². The number of rotatable bonds is 2. The van der Waals surface area contributed by atoms with Crippen LogP contribution in [0.4, 0.5) is 4.70 Å². The Morgan fingerprint density at radius 1 is 0.875 bits per heavy atom. The highest BCUT2D eigenvalue weighted by Crippen LogP contribution is 2.53. The number of halogens is 2. The summed E-state index contributed by atoms with van der Waals surface area (Å²) < 4.78 is 76.6. The summed E-state index contributed by atoms with van der Waals surface area (Å²) >= 11 is -2.61. The minimum absolute atomic E-state index is 0. The van der Waals surface area contributed by atoms with Crippen molar-refractivity contribution in [1.29, 1.82) is 0 Å². The topological polar surface area (TPSA) is 317 Å². The molecule has 0 aliphatic heterocycles. The minimum Gasteiger partial charge on any atom is -0.402 e. The molecule has 0 fully saturated rings. The Kier molecular flexibility index (Phi) is 29.8. The van der Waals surface area contributed by atoms with Gasteiger partial charge in [-0.05, 0) is 0 Å². The molecule has 0 aromatic heterocycles. The van der Waals surface area contributed by atoms with E-state index in [2.05, 4.69) is 4.31 Å². The maximum atomic E-state index is 9.63. The van der Waals surface area contributed by atoms with Crippen molar-refractivity contribution < 1.29 is 83.6 Å². The van der Waals surface area contributed by atoms with Gasteiger partial charge in [0.2, 0.25) is 0 Å². The fourth-order valence-electron chi connectivity index (χ4n) is 0.139. The Hall–Kier alpha value is 0.365. The Morgan fingerprint density at radius 2 is 0.958 bits per heavy atom. The van der Waals surface area contributed by atoms with Crippen LogP contribution in [0.5, 0.6) is 0 Å². The molecule has 17 nitrogen and oxygen atoms in total. The van der Waals surface area contributed by atoms with E-state index in [1.807, 2.05) is 0 Å². The first-order chi connectivity index (χ1) is 9.17. The van der Waals surface area contributed by atoms with E-state index in [4.69, 9.17) is 65.5 Å². The van der Waals surface area contributed by atoms with Crippen LogP contribution in [0, 0.1) is 0 Å². The van der Waals surface area contributed by atoms with Gasteiger partial charge in [-0.3, -0.25) is 22.9 Å². The molecule has 0 bridgehead atoms. The van der Waals surface area contributed by atoms with Crippen molar-refractivity contribution in [2.75, 3.05) is 0 Å². The summed E-state index contributed by atoms with van der Waals surface area (Å²) in [5, 5.41) is 21.5. The Labute approximate surface area is 141 Å². The van der Waals surface area contributed by atoms with Gasteiger partial charge in [-0.1, -0.05) is 0 Å². The molecule has 24 heavy (non-hydrogen) atoms. The molecule has 0 saturated heterocycles. The average Bonchev–Trinajstić information content (AvgIpc) is 1.86. The summed E-state index contributed by atoms with van der Waals surface area (Å²) in [6.45, 7) is 0. The van der Waals surface area contributed by atoms with Gasteiger partial charge in [0, 0.05) is 0 Å². The SMILES string of the molecule is Cl.F.O=P(O)(O)OP(=O)(O)O.O=S(=O)(O)O.O=S(O)O.OB(O)O. The third kappa shape index (κ3) is 252. The molecule has 0 atom stereocenters.